The van der Waals surface area contributed by atoms with Gasteiger partial charge in [-0.1, -0.05) is 12.1 Å². The molecular formula is C15H17N3O2. The average molecular weight is 271 g/mol. The summed E-state index contributed by atoms with van der Waals surface area (Å²) in [5.74, 6) is 0.253. The molecule has 0 aliphatic heterocycles. The highest BCUT2D eigenvalue weighted by Gasteiger charge is 2.15. The van der Waals surface area contributed by atoms with E-state index in [9.17, 15) is 4.79 Å². The van der Waals surface area contributed by atoms with Gasteiger partial charge in [0.15, 0.2) is 0 Å². The van der Waals surface area contributed by atoms with Crippen LogP contribution in [0.25, 0.3) is 11.1 Å². The van der Waals surface area contributed by atoms with E-state index in [2.05, 4.69) is 4.98 Å². The number of methoxy groups -OCH3 is 1. The van der Waals surface area contributed by atoms with Gasteiger partial charge in [-0.15, -0.1) is 0 Å². The van der Waals surface area contributed by atoms with Gasteiger partial charge in [-0.3, -0.25) is 9.78 Å². The first-order valence-corrected chi connectivity index (χ1v) is 6.21. The third kappa shape index (κ3) is 2.62. The SMILES string of the molecule is COc1ccc(-c2cc(CN)nc(C)c2C(N)=O)cc1. The van der Waals surface area contributed by atoms with Crippen LogP contribution in [0, 0.1) is 6.92 Å². The highest BCUT2D eigenvalue weighted by Crippen LogP contribution is 2.27. The molecule has 4 N–H and O–H groups in total. The highest BCUT2D eigenvalue weighted by atomic mass is 16.5. The Kier molecular flexibility index (Phi) is 4.00. The Hall–Kier alpha value is -2.40. The van der Waals surface area contributed by atoms with E-state index in [-0.39, 0.29) is 0 Å². The van der Waals surface area contributed by atoms with E-state index in [1.165, 1.54) is 0 Å². The van der Waals surface area contributed by atoms with Crippen LogP contribution in [0.15, 0.2) is 30.3 Å². The number of pyridine rings is 1. The minimum Gasteiger partial charge on any atom is -0.497 e. The van der Waals surface area contributed by atoms with Crippen LogP contribution in [0.5, 0.6) is 5.75 Å². The topological polar surface area (TPSA) is 91.2 Å². The molecule has 2 aromatic rings. The fourth-order valence-electron chi connectivity index (χ4n) is 2.15. The molecule has 0 saturated heterocycles. The summed E-state index contributed by atoms with van der Waals surface area (Å²) in [6, 6.07) is 9.21. The van der Waals surface area contributed by atoms with Gasteiger partial charge in [-0.05, 0) is 36.2 Å². The Morgan fingerprint density at radius 2 is 1.95 bits per heavy atom. The summed E-state index contributed by atoms with van der Waals surface area (Å²) in [4.78, 5) is 15.9. The number of hydrogen-bond donors (Lipinski definition) is 2. The van der Waals surface area contributed by atoms with Crippen LogP contribution >= 0.6 is 0 Å². The number of nitrogens with zero attached hydrogens (tertiary/aromatic N) is 1. The molecular weight excluding hydrogens is 254 g/mol. The molecule has 0 saturated carbocycles. The van der Waals surface area contributed by atoms with Gasteiger partial charge in [0.05, 0.1) is 24.1 Å². The first-order valence-electron chi connectivity index (χ1n) is 6.21. The number of primary amides is 1. The van der Waals surface area contributed by atoms with Crippen LogP contribution < -0.4 is 16.2 Å². The Bertz CT molecular complexity index is 636. The molecule has 0 atom stereocenters. The number of amides is 1. The molecule has 0 radical (unpaired) electrons. The van der Waals surface area contributed by atoms with Crippen molar-refractivity contribution in [1.82, 2.24) is 4.98 Å². The maximum Gasteiger partial charge on any atom is 0.251 e. The van der Waals surface area contributed by atoms with E-state index in [1.54, 1.807) is 20.1 Å². The molecule has 0 bridgehead atoms. The quantitative estimate of drug-likeness (QED) is 0.884. The lowest BCUT2D eigenvalue weighted by molar-refractivity contribution is 0.1000. The predicted molar refractivity (Wildman–Crippen MR) is 77.4 cm³/mol. The Labute approximate surface area is 117 Å². The molecule has 1 aromatic carbocycles. The number of aromatic nitrogens is 1. The Balaban J connectivity index is 2.63. The van der Waals surface area contributed by atoms with Crippen molar-refractivity contribution >= 4 is 5.91 Å². The van der Waals surface area contributed by atoms with Crippen molar-refractivity contribution in [2.45, 2.75) is 13.5 Å². The normalized spacial score (nSPS) is 10.3. The maximum absolute atomic E-state index is 11.7. The minimum absolute atomic E-state index is 0.309. The van der Waals surface area contributed by atoms with Gasteiger partial charge in [0.1, 0.15) is 5.75 Å². The third-order valence-electron chi connectivity index (χ3n) is 3.11. The van der Waals surface area contributed by atoms with Crippen molar-refractivity contribution in [2.75, 3.05) is 7.11 Å². The zero-order chi connectivity index (χ0) is 14.7. The van der Waals surface area contributed by atoms with Gasteiger partial charge >= 0.3 is 0 Å². The standard InChI is InChI=1S/C15H17N3O2/c1-9-14(15(17)19)13(7-11(8-16)18-9)10-3-5-12(20-2)6-4-10/h3-7H,8,16H2,1-2H3,(H2,17,19). The average Bonchev–Trinajstić information content (AvgIpc) is 2.46. The molecule has 0 spiro atoms. The third-order valence-corrected chi connectivity index (χ3v) is 3.11. The van der Waals surface area contributed by atoms with Gasteiger partial charge < -0.3 is 16.2 Å². The molecule has 2 rings (SSSR count). The maximum atomic E-state index is 11.7. The summed E-state index contributed by atoms with van der Waals surface area (Å²) >= 11 is 0. The first-order chi connectivity index (χ1) is 9.56. The second-order valence-corrected chi connectivity index (χ2v) is 4.42. The van der Waals surface area contributed by atoms with Crippen LogP contribution in [0.2, 0.25) is 0 Å². The van der Waals surface area contributed by atoms with E-state index in [0.717, 1.165) is 22.6 Å². The number of nitrogens with two attached hydrogens (primary N) is 2. The molecule has 1 heterocycles. The van der Waals surface area contributed by atoms with E-state index in [1.807, 2.05) is 24.3 Å². The monoisotopic (exact) mass is 271 g/mol. The van der Waals surface area contributed by atoms with Crippen LogP contribution in [-0.2, 0) is 6.54 Å². The summed E-state index contributed by atoms with van der Waals surface area (Å²) in [6.45, 7) is 2.06. The number of hydrogen-bond acceptors (Lipinski definition) is 4. The van der Waals surface area contributed by atoms with Crippen molar-refractivity contribution in [2.24, 2.45) is 11.5 Å². The second-order valence-electron chi connectivity index (χ2n) is 4.42. The fourth-order valence-corrected chi connectivity index (χ4v) is 2.15. The second kappa shape index (κ2) is 5.71. The van der Waals surface area contributed by atoms with Gasteiger partial charge in [0.25, 0.3) is 5.91 Å². The molecule has 0 aliphatic rings. The number of benzene rings is 1. The Morgan fingerprint density at radius 1 is 1.30 bits per heavy atom. The zero-order valence-electron chi connectivity index (χ0n) is 11.5. The summed E-state index contributed by atoms with van der Waals surface area (Å²) in [5.41, 5.74) is 14.5. The Morgan fingerprint density at radius 3 is 2.45 bits per heavy atom. The molecule has 1 amide bonds. The largest absolute Gasteiger partial charge is 0.497 e. The number of aryl methyl sites for hydroxylation is 1. The number of rotatable bonds is 4. The van der Waals surface area contributed by atoms with Crippen LogP contribution in [0.4, 0.5) is 0 Å². The lowest BCUT2D eigenvalue weighted by Gasteiger charge is -2.12. The van der Waals surface area contributed by atoms with Crippen molar-refractivity contribution in [3.05, 3.63) is 47.3 Å². The first kappa shape index (κ1) is 14.0. The minimum atomic E-state index is -0.496. The van der Waals surface area contributed by atoms with Crippen LogP contribution in [-0.4, -0.2) is 18.0 Å². The molecule has 0 fully saturated rings. The summed E-state index contributed by atoms with van der Waals surface area (Å²) in [6.07, 6.45) is 0. The zero-order valence-corrected chi connectivity index (χ0v) is 11.5. The molecule has 20 heavy (non-hydrogen) atoms. The summed E-state index contributed by atoms with van der Waals surface area (Å²) in [5, 5.41) is 0. The smallest absolute Gasteiger partial charge is 0.251 e. The van der Waals surface area contributed by atoms with Gasteiger partial charge in [-0.2, -0.15) is 0 Å². The number of carbonyl (C=O) groups is 1. The number of carbonyl (C=O) groups excluding carboxylic acids is 1. The van der Waals surface area contributed by atoms with Crippen LogP contribution in [0.1, 0.15) is 21.7 Å². The van der Waals surface area contributed by atoms with Gasteiger partial charge in [0.2, 0.25) is 0 Å². The van der Waals surface area contributed by atoms with E-state index in [4.69, 9.17) is 16.2 Å². The summed E-state index contributed by atoms with van der Waals surface area (Å²) in [7, 11) is 1.60. The molecule has 5 heteroatoms. The molecule has 0 unspecified atom stereocenters. The lowest BCUT2D eigenvalue weighted by Crippen LogP contribution is -2.16. The van der Waals surface area contributed by atoms with Crippen molar-refractivity contribution in [1.29, 1.82) is 0 Å². The van der Waals surface area contributed by atoms with E-state index in [0.29, 0.717) is 17.8 Å². The van der Waals surface area contributed by atoms with Crippen LogP contribution in [0.3, 0.4) is 0 Å². The van der Waals surface area contributed by atoms with Crippen molar-refractivity contribution in [3.63, 3.8) is 0 Å². The lowest BCUT2D eigenvalue weighted by atomic mass is 9.97. The summed E-state index contributed by atoms with van der Waals surface area (Å²) < 4.78 is 5.13. The predicted octanol–water partition coefficient (Wildman–Crippen LogP) is 1.62. The van der Waals surface area contributed by atoms with E-state index >= 15 is 0 Å². The molecule has 104 valence electrons. The highest BCUT2D eigenvalue weighted by molar-refractivity contribution is 6.00. The van der Waals surface area contributed by atoms with Gasteiger partial charge in [-0.25, -0.2) is 0 Å². The van der Waals surface area contributed by atoms with Crippen molar-refractivity contribution < 1.29 is 9.53 Å². The molecule has 0 aliphatic carbocycles. The van der Waals surface area contributed by atoms with Crippen molar-refractivity contribution in [3.8, 4) is 16.9 Å². The number of ether oxygens (including phenoxy) is 1. The van der Waals surface area contributed by atoms with Gasteiger partial charge in [0, 0.05) is 6.54 Å². The molecule has 5 nitrogen and oxygen atoms in total. The molecule has 1 aromatic heterocycles. The fraction of sp³-hybridized carbons (Fsp3) is 0.200. The van der Waals surface area contributed by atoms with E-state index < -0.39 is 5.91 Å².